The van der Waals surface area contributed by atoms with E-state index in [9.17, 15) is 9.59 Å². The average molecular weight is 347 g/mol. The Morgan fingerprint density at radius 1 is 0.680 bits per heavy atom. The molecule has 3 aliphatic rings. The second-order valence-corrected chi connectivity index (χ2v) is 9.15. The normalized spacial score (nSPS) is 30.6. The molecule has 3 aliphatic carbocycles. The van der Waals surface area contributed by atoms with Gasteiger partial charge in [0.05, 0.1) is 0 Å². The van der Waals surface area contributed by atoms with Crippen LogP contribution in [0, 0.1) is 23.7 Å². The van der Waals surface area contributed by atoms with E-state index in [-0.39, 0.29) is 0 Å². The van der Waals surface area contributed by atoms with Gasteiger partial charge in [-0.15, -0.1) is 0 Å². The Kier molecular flexibility index (Phi) is 7.55. The maximum absolute atomic E-state index is 12.7. The van der Waals surface area contributed by atoms with Crippen LogP contribution in [0.5, 0.6) is 0 Å². The zero-order chi connectivity index (χ0) is 17.5. The molecule has 3 rings (SSSR count). The lowest BCUT2D eigenvalue weighted by molar-refractivity contribution is -0.127. The third-order valence-corrected chi connectivity index (χ3v) is 7.42. The van der Waals surface area contributed by atoms with Crippen LogP contribution < -0.4 is 0 Å². The minimum absolute atomic E-state index is 0.330. The van der Waals surface area contributed by atoms with Crippen LogP contribution in [0.1, 0.15) is 109 Å². The summed E-state index contributed by atoms with van der Waals surface area (Å²) in [5, 5.41) is 0. The summed E-state index contributed by atoms with van der Waals surface area (Å²) in [5.41, 5.74) is 0. The molecule has 0 aromatic carbocycles. The molecule has 0 aromatic rings. The van der Waals surface area contributed by atoms with Crippen LogP contribution in [0.4, 0.5) is 0 Å². The van der Waals surface area contributed by atoms with Gasteiger partial charge < -0.3 is 0 Å². The summed E-state index contributed by atoms with van der Waals surface area (Å²) in [7, 11) is 0. The summed E-state index contributed by atoms with van der Waals surface area (Å²) >= 11 is 0. The third kappa shape index (κ3) is 5.66. The zero-order valence-corrected chi connectivity index (χ0v) is 16.1. The maximum Gasteiger partial charge on any atom is 0.136 e. The van der Waals surface area contributed by atoms with Crippen molar-refractivity contribution in [3.8, 4) is 0 Å². The van der Waals surface area contributed by atoms with E-state index in [1.165, 1.54) is 70.6 Å². The standard InChI is InChI=1S/C23H38O2/c24-20(17-16-18-8-2-1-3-9-18)12-7-15-23(25)22-14-6-11-19-10-4-5-13-21(19)22/h18-19,21-22H,1-17H2. The van der Waals surface area contributed by atoms with Crippen molar-refractivity contribution in [2.75, 3.05) is 0 Å². The molecule has 0 bridgehead atoms. The number of ketones is 2. The number of hydrogen-bond acceptors (Lipinski definition) is 2. The Hall–Kier alpha value is -0.660. The van der Waals surface area contributed by atoms with Crippen LogP contribution in [-0.4, -0.2) is 11.6 Å². The molecule has 0 amide bonds. The van der Waals surface area contributed by atoms with Gasteiger partial charge in [0.25, 0.3) is 0 Å². The quantitative estimate of drug-likeness (QED) is 0.519. The van der Waals surface area contributed by atoms with Gasteiger partial charge in [0.15, 0.2) is 0 Å². The van der Waals surface area contributed by atoms with E-state index in [0.29, 0.717) is 36.2 Å². The van der Waals surface area contributed by atoms with Crippen molar-refractivity contribution < 1.29 is 9.59 Å². The lowest BCUT2D eigenvalue weighted by Crippen LogP contribution is -2.35. The average Bonchev–Trinajstić information content (AvgIpc) is 2.66. The van der Waals surface area contributed by atoms with Gasteiger partial charge in [0.1, 0.15) is 11.6 Å². The van der Waals surface area contributed by atoms with Crippen LogP contribution in [0.2, 0.25) is 0 Å². The Morgan fingerprint density at radius 3 is 2.24 bits per heavy atom. The highest BCUT2D eigenvalue weighted by atomic mass is 16.1. The summed E-state index contributed by atoms with van der Waals surface area (Å²) in [6, 6.07) is 0. The molecule has 2 heteroatoms. The second kappa shape index (κ2) is 9.88. The largest absolute Gasteiger partial charge is 0.300 e. The van der Waals surface area contributed by atoms with Gasteiger partial charge in [-0.3, -0.25) is 9.59 Å². The molecule has 0 spiro atoms. The number of carbonyl (C=O) groups is 2. The first-order chi connectivity index (χ1) is 12.2. The van der Waals surface area contributed by atoms with Crippen LogP contribution in [0.25, 0.3) is 0 Å². The fourth-order valence-corrected chi connectivity index (χ4v) is 5.95. The maximum atomic E-state index is 12.7. The van der Waals surface area contributed by atoms with Gasteiger partial charge in [-0.05, 0) is 43.4 Å². The van der Waals surface area contributed by atoms with Gasteiger partial charge in [-0.2, -0.15) is 0 Å². The smallest absolute Gasteiger partial charge is 0.136 e. The molecule has 3 unspecified atom stereocenters. The predicted octanol–water partition coefficient (Wildman–Crippen LogP) is 6.26. The van der Waals surface area contributed by atoms with E-state index in [1.54, 1.807) is 0 Å². The van der Waals surface area contributed by atoms with E-state index in [4.69, 9.17) is 0 Å². The first kappa shape index (κ1) is 19.1. The summed E-state index contributed by atoms with van der Waals surface area (Å²) in [6.45, 7) is 0. The summed E-state index contributed by atoms with van der Waals surface area (Å²) in [6.07, 6.45) is 19.8. The van der Waals surface area contributed by atoms with Gasteiger partial charge in [-0.25, -0.2) is 0 Å². The lowest BCUT2D eigenvalue weighted by atomic mass is 9.64. The summed E-state index contributed by atoms with van der Waals surface area (Å²) < 4.78 is 0. The molecule has 3 saturated carbocycles. The van der Waals surface area contributed by atoms with Crippen molar-refractivity contribution in [3.05, 3.63) is 0 Å². The molecule has 0 aliphatic heterocycles. The first-order valence-electron chi connectivity index (χ1n) is 11.3. The SMILES string of the molecule is O=C(CCCC(=O)C1CCCC2CCCCC21)CCC1CCCCC1. The number of hydrogen-bond donors (Lipinski definition) is 0. The molecule has 0 N–H and O–H groups in total. The van der Waals surface area contributed by atoms with E-state index in [2.05, 4.69) is 0 Å². The van der Waals surface area contributed by atoms with Crippen LogP contribution in [-0.2, 0) is 9.59 Å². The number of fused-ring (bicyclic) bond motifs is 1. The number of rotatable bonds is 8. The molecular formula is C23H38O2. The monoisotopic (exact) mass is 346 g/mol. The van der Waals surface area contributed by atoms with Crippen molar-refractivity contribution >= 4 is 11.6 Å². The minimum atomic E-state index is 0.330. The van der Waals surface area contributed by atoms with Gasteiger partial charge in [0.2, 0.25) is 0 Å². The Bertz CT molecular complexity index is 433. The molecule has 0 heterocycles. The van der Waals surface area contributed by atoms with E-state index in [0.717, 1.165) is 37.5 Å². The summed E-state index contributed by atoms with van der Waals surface area (Å²) in [4.78, 5) is 24.9. The molecule has 142 valence electrons. The van der Waals surface area contributed by atoms with Crippen molar-refractivity contribution in [3.63, 3.8) is 0 Å². The number of carbonyl (C=O) groups excluding carboxylic acids is 2. The van der Waals surface area contributed by atoms with Crippen molar-refractivity contribution in [1.29, 1.82) is 0 Å². The van der Waals surface area contributed by atoms with Crippen molar-refractivity contribution in [2.24, 2.45) is 23.7 Å². The second-order valence-electron chi connectivity index (χ2n) is 9.15. The molecule has 2 nitrogen and oxygen atoms in total. The van der Waals surface area contributed by atoms with Gasteiger partial charge in [-0.1, -0.05) is 64.2 Å². The molecular weight excluding hydrogens is 308 g/mol. The van der Waals surface area contributed by atoms with E-state index in [1.807, 2.05) is 0 Å². The Balaban J connectivity index is 1.33. The predicted molar refractivity (Wildman–Crippen MR) is 102 cm³/mol. The fraction of sp³-hybridized carbons (Fsp3) is 0.913. The molecule has 25 heavy (non-hydrogen) atoms. The van der Waals surface area contributed by atoms with Gasteiger partial charge in [0, 0.05) is 25.2 Å². The topological polar surface area (TPSA) is 34.1 Å². The van der Waals surface area contributed by atoms with E-state index < -0.39 is 0 Å². The molecule has 0 saturated heterocycles. The fourth-order valence-electron chi connectivity index (χ4n) is 5.95. The highest BCUT2D eigenvalue weighted by molar-refractivity contribution is 5.83. The molecule has 0 radical (unpaired) electrons. The zero-order valence-electron chi connectivity index (χ0n) is 16.1. The highest BCUT2D eigenvalue weighted by Crippen LogP contribution is 2.44. The molecule has 3 atom stereocenters. The van der Waals surface area contributed by atoms with Crippen molar-refractivity contribution in [1.82, 2.24) is 0 Å². The lowest BCUT2D eigenvalue weighted by Gasteiger charge is -2.40. The third-order valence-electron chi connectivity index (χ3n) is 7.42. The highest BCUT2D eigenvalue weighted by Gasteiger charge is 2.37. The molecule has 3 fully saturated rings. The van der Waals surface area contributed by atoms with Crippen LogP contribution >= 0.6 is 0 Å². The Labute approximate surface area is 154 Å². The van der Waals surface area contributed by atoms with Gasteiger partial charge >= 0.3 is 0 Å². The van der Waals surface area contributed by atoms with Crippen LogP contribution in [0.3, 0.4) is 0 Å². The number of Topliss-reactive ketones (excluding diaryl/α,β-unsaturated/α-hetero) is 2. The minimum Gasteiger partial charge on any atom is -0.300 e. The van der Waals surface area contributed by atoms with Crippen molar-refractivity contribution in [2.45, 2.75) is 109 Å². The Morgan fingerprint density at radius 2 is 1.40 bits per heavy atom. The van der Waals surface area contributed by atoms with Crippen LogP contribution in [0.15, 0.2) is 0 Å². The summed E-state index contributed by atoms with van der Waals surface area (Å²) in [5.74, 6) is 3.51. The first-order valence-corrected chi connectivity index (χ1v) is 11.3. The van der Waals surface area contributed by atoms with E-state index >= 15 is 0 Å². The molecule has 0 aromatic heterocycles.